The Bertz CT molecular complexity index is 1000. The number of benzene rings is 1. The van der Waals surface area contributed by atoms with E-state index in [1.54, 1.807) is 20.4 Å². The molecule has 4 rings (SSSR count). The molecule has 1 fully saturated rings. The van der Waals surface area contributed by atoms with E-state index in [1.807, 2.05) is 25.1 Å². The molecule has 28 heavy (non-hydrogen) atoms. The van der Waals surface area contributed by atoms with Crippen LogP contribution in [-0.4, -0.2) is 60.3 Å². The molecule has 2 aromatic heterocycles. The highest BCUT2D eigenvalue weighted by Gasteiger charge is 2.21. The molecule has 0 radical (unpaired) electrons. The molecular formula is C19H23N7O2. The number of nitrogens with two attached hydrogens (primary N) is 1. The second-order valence-electron chi connectivity index (χ2n) is 6.57. The monoisotopic (exact) mass is 381 g/mol. The van der Waals surface area contributed by atoms with Crippen LogP contribution in [0, 0.1) is 6.92 Å². The minimum atomic E-state index is 0.426. The lowest BCUT2D eigenvalue weighted by Crippen LogP contribution is -2.47. The van der Waals surface area contributed by atoms with Crippen molar-refractivity contribution in [3.8, 4) is 11.5 Å². The van der Waals surface area contributed by atoms with Crippen molar-refractivity contribution in [1.29, 1.82) is 0 Å². The van der Waals surface area contributed by atoms with E-state index < -0.39 is 0 Å². The van der Waals surface area contributed by atoms with E-state index in [-0.39, 0.29) is 0 Å². The van der Waals surface area contributed by atoms with Gasteiger partial charge in [0.15, 0.2) is 11.5 Å². The first kappa shape index (κ1) is 18.0. The van der Waals surface area contributed by atoms with E-state index >= 15 is 0 Å². The summed E-state index contributed by atoms with van der Waals surface area (Å²) in [6, 6.07) is 5.57. The molecule has 0 saturated carbocycles. The van der Waals surface area contributed by atoms with Gasteiger partial charge >= 0.3 is 0 Å². The van der Waals surface area contributed by atoms with Crippen LogP contribution in [0.1, 0.15) is 5.82 Å². The smallest absolute Gasteiger partial charge is 0.228 e. The summed E-state index contributed by atoms with van der Waals surface area (Å²) in [6.07, 6.45) is 1.79. The van der Waals surface area contributed by atoms with Gasteiger partial charge < -0.3 is 25.0 Å². The van der Waals surface area contributed by atoms with E-state index in [9.17, 15) is 0 Å². The summed E-state index contributed by atoms with van der Waals surface area (Å²) >= 11 is 0. The fraction of sp³-hybridized carbons (Fsp3) is 0.368. The van der Waals surface area contributed by atoms with Gasteiger partial charge in [0.2, 0.25) is 5.95 Å². The average Bonchev–Trinajstić information content (AvgIpc) is 2.73. The van der Waals surface area contributed by atoms with Crippen LogP contribution >= 0.6 is 0 Å². The lowest BCUT2D eigenvalue weighted by molar-refractivity contribution is 0.356. The van der Waals surface area contributed by atoms with E-state index in [4.69, 9.17) is 20.2 Å². The molecule has 0 bridgehead atoms. The van der Waals surface area contributed by atoms with Crippen LogP contribution in [-0.2, 0) is 0 Å². The van der Waals surface area contributed by atoms with Gasteiger partial charge in [-0.2, -0.15) is 4.98 Å². The maximum Gasteiger partial charge on any atom is 0.228 e. The van der Waals surface area contributed by atoms with Gasteiger partial charge in [-0.1, -0.05) is 0 Å². The van der Waals surface area contributed by atoms with Crippen molar-refractivity contribution in [3.05, 3.63) is 30.2 Å². The maximum atomic E-state index is 6.21. The third kappa shape index (κ3) is 3.30. The van der Waals surface area contributed by atoms with Crippen molar-refractivity contribution in [2.45, 2.75) is 6.92 Å². The second kappa shape index (κ2) is 7.34. The number of fused-ring (bicyclic) bond motifs is 1. The minimum Gasteiger partial charge on any atom is -0.493 e. The molecule has 1 aliphatic rings. The molecule has 9 heteroatoms. The lowest BCUT2D eigenvalue weighted by atomic mass is 10.2. The van der Waals surface area contributed by atoms with Crippen LogP contribution in [0.3, 0.4) is 0 Å². The molecule has 1 aliphatic heterocycles. The van der Waals surface area contributed by atoms with Gasteiger partial charge in [-0.3, -0.25) is 0 Å². The first-order valence-electron chi connectivity index (χ1n) is 9.08. The topological polar surface area (TPSA) is 103 Å². The Morgan fingerprint density at radius 1 is 0.929 bits per heavy atom. The molecule has 1 saturated heterocycles. The standard InChI is InChI=1S/C19H23N7O2/c1-12-21-5-4-17(22-12)25-6-8-26(9-7-25)19-23-14-11-16(28-3)15(27-2)10-13(14)18(20)24-19/h4-5,10-11H,6-9H2,1-3H3,(H2,20,23,24). The number of methoxy groups -OCH3 is 2. The maximum absolute atomic E-state index is 6.21. The summed E-state index contributed by atoms with van der Waals surface area (Å²) in [6.45, 7) is 5.10. The molecular weight excluding hydrogens is 358 g/mol. The third-order valence-electron chi connectivity index (χ3n) is 4.87. The van der Waals surface area contributed by atoms with E-state index in [1.165, 1.54) is 0 Å². The Labute approximate surface area is 163 Å². The Hall–Kier alpha value is -3.36. The van der Waals surface area contributed by atoms with Gasteiger partial charge in [-0.25, -0.2) is 15.0 Å². The lowest BCUT2D eigenvalue weighted by Gasteiger charge is -2.35. The molecule has 0 unspecified atom stereocenters. The van der Waals surface area contributed by atoms with E-state index in [0.29, 0.717) is 23.3 Å². The van der Waals surface area contributed by atoms with Crippen LogP contribution < -0.4 is 25.0 Å². The predicted molar refractivity (Wildman–Crippen MR) is 108 cm³/mol. The number of nitrogen functional groups attached to an aromatic ring is 1. The fourth-order valence-corrected chi connectivity index (χ4v) is 3.36. The third-order valence-corrected chi connectivity index (χ3v) is 4.87. The SMILES string of the molecule is COc1cc2nc(N3CCN(c4ccnc(C)n4)CC3)nc(N)c2cc1OC. The van der Waals surface area contributed by atoms with Crippen LogP contribution in [0.5, 0.6) is 11.5 Å². The fourth-order valence-electron chi connectivity index (χ4n) is 3.36. The number of ether oxygens (including phenoxy) is 2. The van der Waals surface area contributed by atoms with Gasteiger partial charge in [0.05, 0.1) is 19.7 Å². The number of hydrogen-bond donors (Lipinski definition) is 1. The molecule has 0 amide bonds. The van der Waals surface area contributed by atoms with Gasteiger partial charge in [0.25, 0.3) is 0 Å². The first-order valence-corrected chi connectivity index (χ1v) is 9.08. The van der Waals surface area contributed by atoms with Gasteiger partial charge in [-0.05, 0) is 19.1 Å². The van der Waals surface area contributed by atoms with Crippen molar-refractivity contribution in [3.63, 3.8) is 0 Å². The highest BCUT2D eigenvalue weighted by atomic mass is 16.5. The van der Waals surface area contributed by atoms with Crippen molar-refractivity contribution >= 4 is 28.5 Å². The molecule has 1 aromatic carbocycles. The summed E-state index contributed by atoms with van der Waals surface area (Å²) in [5.41, 5.74) is 6.94. The number of aromatic nitrogens is 4. The molecule has 3 aromatic rings. The molecule has 2 N–H and O–H groups in total. The highest BCUT2D eigenvalue weighted by Crippen LogP contribution is 2.34. The molecule has 0 spiro atoms. The predicted octanol–water partition coefficient (Wildman–Crippen LogP) is 1.65. The van der Waals surface area contributed by atoms with Gasteiger partial charge in [0, 0.05) is 43.8 Å². The first-order chi connectivity index (χ1) is 13.6. The highest BCUT2D eigenvalue weighted by molar-refractivity contribution is 5.91. The number of nitrogens with zero attached hydrogens (tertiary/aromatic N) is 6. The second-order valence-corrected chi connectivity index (χ2v) is 6.57. The van der Waals surface area contributed by atoms with Crippen molar-refractivity contribution in [2.24, 2.45) is 0 Å². The Morgan fingerprint density at radius 3 is 2.29 bits per heavy atom. The quantitative estimate of drug-likeness (QED) is 0.722. The summed E-state index contributed by atoms with van der Waals surface area (Å²) < 4.78 is 10.7. The summed E-state index contributed by atoms with van der Waals surface area (Å²) in [4.78, 5) is 22.3. The number of piperazine rings is 1. The van der Waals surface area contributed by atoms with Gasteiger partial charge in [0.1, 0.15) is 17.5 Å². The average molecular weight is 381 g/mol. The van der Waals surface area contributed by atoms with E-state index in [0.717, 1.165) is 48.7 Å². The molecule has 0 atom stereocenters. The number of rotatable bonds is 4. The Morgan fingerprint density at radius 2 is 1.61 bits per heavy atom. The molecule has 146 valence electrons. The zero-order chi connectivity index (χ0) is 19.7. The van der Waals surface area contributed by atoms with Crippen LogP contribution in [0.2, 0.25) is 0 Å². The largest absolute Gasteiger partial charge is 0.493 e. The molecule has 9 nitrogen and oxygen atoms in total. The van der Waals surface area contributed by atoms with Crippen LogP contribution in [0.25, 0.3) is 10.9 Å². The van der Waals surface area contributed by atoms with Crippen LogP contribution in [0.15, 0.2) is 24.4 Å². The van der Waals surface area contributed by atoms with Crippen LogP contribution in [0.4, 0.5) is 17.6 Å². The summed E-state index contributed by atoms with van der Waals surface area (Å²) in [5, 5.41) is 0.747. The minimum absolute atomic E-state index is 0.426. The Balaban J connectivity index is 1.58. The summed E-state index contributed by atoms with van der Waals surface area (Å²) in [7, 11) is 3.19. The number of hydrogen-bond acceptors (Lipinski definition) is 9. The van der Waals surface area contributed by atoms with Crippen molar-refractivity contribution in [1.82, 2.24) is 19.9 Å². The number of aryl methyl sites for hydroxylation is 1. The van der Waals surface area contributed by atoms with Gasteiger partial charge in [-0.15, -0.1) is 0 Å². The molecule has 3 heterocycles. The van der Waals surface area contributed by atoms with Crippen molar-refractivity contribution < 1.29 is 9.47 Å². The normalized spacial score (nSPS) is 14.4. The van der Waals surface area contributed by atoms with Crippen molar-refractivity contribution in [2.75, 3.05) is 55.9 Å². The van der Waals surface area contributed by atoms with E-state index in [2.05, 4.69) is 24.8 Å². The Kier molecular flexibility index (Phi) is 4.72. The molecule has 0 aliphatic carbocycles. The number of anilines is 3. The zero-order valence-corrected chi connectivity index (χ0v) is 16.2. The zero-order valence-electron chi connectivity index (χ0n) is 16.2. The summed E-state index contributed by atoms with van der Waals surface area (Å²) in [5.74, 6) is 3.98.